The number of guanidine groups is 1. The highest BCUT2D eigenvalue weighted by molar-refractivity contribution is 14.0. The molecular weight excluding hydrogens is 489 g/mol. The number of nitrogens with zero attached hydrogens (tertiary/aromatic N) is 3. The van der Waals surface area contributed by atoms with Crippen LogP contribution in [0.5, 0.6) is 0 Å². The fourth-order valence-corrected chi connectivity index (χ4v) is 3.81. The maximum absolute atomic E-state index is 5.88. The molecule has 3 aromatic rings. The minimum absolute atomic E-state index is 0. The van der Waals surface area contributed by atoms with Gasteiger partial charge in [0.25, 0.3) is 0 Å². The summed E-state index contributed by atoms with van der Waals surface area (Å²) in [7, 11) is 1.82. The zero-order valence-corrected chi connectivity index (χ0v) is 19.9. The van der Waals surface area contributed by atoms with Crippen LogP contribution in [0.25, 0.3) is 11.0 Å². The Kier molecular flexibility index (Phi) is 7.95. The smallest absolute Gasteiger partial charge is 0.191 e. The molecule has 0 unspecified atom stereocenters. The first-order valence-corrected chi connectivity index (χ1v) is 10.3. The average molecular weight is 519 g/mol. The second kappa shape index (κ2) is 10.7. The fourth-order valence-electron chi connectivity index (χ4n) is 3.81. The molecule has 2 N–H and O–H groups in total. The van der Waals surface area contributed by atoms with E-state index in [1.165, 1.54) is 0 Å². The van der Waals surface area contributed by atoms with Gasteiger partial charge in [-0.2, -0.15) is 0 Å². The number of para-hydroxylation sites is 1. The largest absolute Gasteiger partial charge is 0.461 e. The fraction of sp³-hybridized carbons (Fsp3) is 0.391. The van der Waals surface area contributed by atoms with Crippen LogP contribution in [0.4, 0.5) is 5.82 Å². The van der Waals surface area contributed by atoms with E-state index >= 15 is 0 Å². The molecule has 1 saturated heterocycles. The van der Waals surface area contributed by atoms with Gasteiger partial charge in [0, 0.05) is 50.2 Å². The Morgan fingerprint density at radius 3 is 2.70 bits per heavy atom. The number of piperidine rings is 1. The monoisotopic (exact) mass is 519 g/mol. The van der Waals surface area contributed by atoms with Gasteiger partial charge in [-0.15, -0.1) is 24.0 Å². The first-order chi connectivity index (χ1) is 14.2. The number of aryl methyl sites for hydroxylation is 1. The third kappa shape index (κ3) is 5.65. The molecule has 0 bridgehead atoms. The van der Waals surface area contributed by atoms with Crippen LogP contribution < -0.4 is 15.5 Å². The van der Waals surface area contributed by atoms with Crippen molar-refractivity contribution in [2.45, 2.75) is 32.2 Å². The number of nitrogens with one attached hydrogen (secondary N) is 2. The van der Waals surface area contributed by atoms with Gasteiger partial charge in [0.2, 0.25) is 0 Å². The van der Waals surface area contributed by atoms with E-state index < -0.39 is 0 Å². The van der Waals surface area contributed by atoms with Crippen LogP contribution in [0.1, 0.15) is 24.3 Å². The Bertz CT molecular complexity index is 945. The summed E-state index contributed by atoms with van der Waals surface area (Å²) >= 11 is 0. The molecule has 2 aromatic heterocycles. The Labute approximate surface area is 195 Å². The lowest BCUT2D eigenvalue weighted by atomic mass is 10.1. The summed E-state index contributed by atoms with van der Waals surface area (Å²) in [5.74, 6) is 2.93. The Balaban J connectivity index is 0.00000256. The molecule has 6 nitrogen and oxygen atoms in total. The number of benzene rings is 1. The zero-order valence-electron chi connectivity index (χ0n) is 17.6. The number of hydrogen-bond donors (Lipinski definition) is 2. The van der Waals surface area contributed by atoms with E-state index in [4.69, 9.17) is 4.42 Å². The van der Waals surface area contributed by atoms with Gasteiger partial charge in [-0.05, 0) is 44.0 Å². The van der Waals surface area contributed by atoms with Crippen LogP contribution in [0.2, 0.25) is 0 Å². The lowest BCUT2D eigenvalue weighted by Crippen LogP contribution is -2.49. The highest BCUT2D eigenvalue weighted by atomic mass is 127. The molecule has 0 spiro atoms. The third-order valence-corrected chi connectivity index (χ3v) is 5.40. The summed E-state index contributed by atoms with van der Waals surface area (Å²) in [6.07, 6.45) is 2.96. The molecular formula is C23H30IN5O. The lowest BCUT2D eigenvalue weighted by Gasteiger charge is -2.34. The van der Waals surface area contributed by atoms with Gasteiger partial charge < -0.3 is 20.0 Å². The van der Waals surface area contributed by atoms with E-state index in [1.807, 2.05) is 38.2 Å². The molecule has 0 amide bonds. The molecule has 1 aliphatic heterocycles. The van der Waals surface area contributed by atoms with Crippen LogP contribution in [0.15, 0.2) is 57.9 Å². The van der Waals surface area contributed by atoms with E-state index in [0.29, 0.717) is 6.04 Å². The number of fused-ring (bicyclic) bond motifs is 1. The molecule has 30 heavy (non-hydrogen) atoms. The van der Waals surface area contributed by atoms with Crippen LogP contribution in [-0.4, -0.2) is 43.7 Å². The Morgan fingerprint density at radius 1 is 1.17 bits per heavy atom. The van der Waals surface area contributed by atoms with Gasteiger partial charge >= 0.3 is 0 Å². The Hall–Kier alpha value is -2.29. The average Bonchev–Trinajstić information content (AvgIpc) is 3.16. The molecule has 1 aromatic carbocycles. The van der Waals surface area contributed by atoms with Crippen molar-refractivity contribution in [1.82, 2.24) is 15.6 Å². The third-order valence-electron chi connectivity index (χ3n) is 5.40. The lowest BCUT2D eigenvalue weighted by molar-refractivity contribution is 0.459. The van der Waals surface area contributed by atoms with E-state index in [2.05, 4.69) is 49.8 Å². The molecule has 3 heterocycles. The van der Waals surface area contributed by atoms with Crippen LogP contribution >= 0.6 is 24.0 Å². The number of rotatable bonds is 5. The first kappa shape index (κ1) is 22.4. The molecule has 0 aliphatic carbocycles. The van der Waals surface area contributed by atoms with Crippen LogP contribution in [0.3, 0.4) is 0 Å². The van der Waals surface area contributed by atoms with E-state index in [9.17, 15) is 0 Å². The summed E-state index contributed by atoms with van der Waals surface area (Å²) in [5, 5.41) is 8.13. The van der Waals surface area contributed by atoms with Crippen molar-refractivity contribution in [2.24, 2.45) is 4.99 Å². The molecule has 1 fully saturated rings. The van der Waals surface area contributed by atoms with Gasteiger partial charge in [-0.3, -0.25) is 4.99 Å². The van der Waals surface area contributed by atoms with E-state index in [-0.39, 0.29) is 24.0 Å². The number of aliphatic imine (C=N–C) groups is 1. The zero-order chi connectivity index (χ0) is 20.1. The SMILES string of the molecule is CN=C(NCCc1cc2ccccc2o1)NC1CCN(c2cccc(C)n2)CC1.I. The van der Waals surface area contributed by atoms with Gasteiger partial charge in [0.1, 0.15) is 17.2 Å². The normalized spacial score (nSPS) is 15.1. The molecule has 4 rings (SSSR count). The summed E-state index contributed by atoms with van der Waals surface area (Å²) in [5.41, 5.74) is 2.01. The highest BCUT2D eigenvalue weighted by Gasteiger charge is 2.21. The molecule has 0 atom stereocenters. The Morgan fingerprint density at radius 2 is 1.97 bits per heavy atom. The number of halogens is 1. The number of hydrogen-bond acceptors (Lipinski definition) is 4. The summed E-state index contributed by atoms with van der Waals surface area (Å²) in [6, 6.07) is 16.9. The maximum Gasteiger partial charge on any atom is 0.191 e. The number of pyridine rings is 1. The van der Waals surface area contributed by atoms with E-state index in [0.717, 1.165) is 73.1 Å². The molecule has 0 radical (unpaired) electrons. The molecule has 0 saturated carbocycles. The first-order valence-electron chi connectivity index (χ1n) is 10.3. The predicted octanol–water partition coefficient (Wildman–Crippen LogP) is 4.13. The topological polar surface area (TPSA) is 65.7 Å². The van der Waals surface area contributed by atoms with Crippen molar-refractivity contribution < 1.29 is 4.42 Å². The van der Waals surface area contributed by atoms with Crippen molar-refractivity contribution in [3.05, 3.63) is 60.0 Å². The van der Waals surface area contributed by atoms with Crippen LogP contribution in [0, 0.1) is 6.92 Å². The molecule has 160 valence electrons. The molecule has 7 heteroatoms. The van der Waals surface area contributed by atoms with Gasteiger partial charge in [0.05, 0.1) is 0 Å². The van der Waals surface area contributed by atoms with Crippen molar-refractivity contribution >= 4 is 46.7 Å². The second-order valence-corrected chi connectivity index (χ2v) is 7.54. The van der Waals surface area contributed by atoms with Crippen molar-refractivity contribution in [3.63, 3.8) is 0 Å². The summed E-state index contributed by atoms with van der Waals surface area (Å²) < 4.78 is 5.88. The highest BCUT2D eigenvalue weighted by Crippen LogP contribution is 2.19. The number of aromatic nitrogens is 1. The maximum atomic E-state index is 5.88. The van der Waals surface area contributed by atoms with Crippen molar-refractivity contribution in [3.8, 4) is 0 Å². The van der Waals surface area contributed by atoms with Gasteiger partial charge in [0.15, 0.2) is 5.96 Å². The second-order valence-electron chi connectivity index (χ2n) is 7.54. The minimum Gasteiger partial charge on any atom is -0.461 e. The van der Waals surface area contributed by atoms with Gasteiger partial charge in [-0.1, -0.05) is 24.3 Å². The summed E-state index contributed by atoms with van der Waals surface area (Å²) in [4.78, 5) is 11.4. The van der Waals surface area contributed by atoms with Crippen molar-refractivity contribution in [1.29, 1.82) is 0 Å². The molecule has 1 aliphatic rings. The van der Waals surface area contributed by atoms with Crippen molar-refractivity contribution in [2.75, 3.05) is 31.6 Å². The predicted molar refractivity (Wildman–Crippen MR) is 134 cm³/mol. The number of furan rings is 1. The quantitative estimate of drug-likeness (QED) is 0.302. The number of anilines is 1. The summed E-state index contributed by atoms with van der Waals surface area (Å²) in [6.45, 7) is 4.83. The van der Waals surface area contributed by atoms with Gasteiger partial charge in [-0.25, -0.2) is 4.98 Å². The van der Waals surface area contributed by atoms with Crippen LogP contribution in [-0.2, 0) is 6.42 Å². The minimum atomic E-state index is 0. The standard InChI is InChI=1S/C23H29N5O.HI/c1-17-6-5-9-22(26-17)28-14-11-19(12-15-28)27-23(24-2)25-13-10-20-16-18-7-3-4-8-21(18)29-20;/h3-9,16,19H,10-15H2,1-2H3,(H2,24,25,27);1H. The van der Waals surface area contributed by atoms with E-state index in [1.54, 1.807) is 0 Å².